The van der Waals surface area contributed by atoms with E-state index in [4.69, 9.17) is 11.6 Å². The van der Waals surface area contributed by atoms with Crippen LogP contribution in [0.5, 0.6) is 0 Å². The van der Waals surface area contributed by atoms with Gasteiger partial charge >= 0.3 is 0 Å². The van der Waals surface area contributed by atoms with Crippen LogP contribution in [0.2, 0.25) is 0 Å². The number of hydrogen-bond acceptors (Lipinski definition) is 3. The van der Waals surface area contributed by atoms with Crippen LogP contribution in [0.4, 0.5) is 0 Å². The van der Waals surface area contributed by atoms with E-state index in [1.165, 1.54) is 12.8 Å². The van der Waals surface area contributed by atoms with Gasteiger partial charge in [0, 0.05) is 17.2 Å². The molecule has 2 N–H and O–H groups in total. The van der Waals surface area contributed by atoms with E-state index in [0.29, 0.717) is 17.1 Å². The molecule has 0 aromatic rings. The maximum absolute atomic E-state index is 13.6. The predicted octanol–water partition coefficient (Wildman–Crippen LogP) is 6.25. The fourth-order valence-corrected chi connectivity index (χ4v) is 6.82. The molecule has 0 bridgehead atoms. The first-order valence-electron chi connectivity index (χ1n) is 12.5. The molecule has 176 valence electrons. The van der Waals surface area contributed by atoms with Gasteiger partial charge < -0.3 is 5.11 Å². The molecule has 0 aromatic carbocycles. The van der Waals surface area contributed by atoms with E-state index < -0.39 is 6.23 Å². The smallest absolute Gasteiger partial charge is 0.153 e. The van der Waals surface area contributed by atoms with Crippen LogP contribution in [0.25, 0.3) is 0 Å². The van der Waals surface area contributed by atoms with Gasteiger partial charge in [-0.15, -0.1) is 11.6 Å². The first kappa shape index (κ1) is 25.0. The molecule has 3 nitrogen and oxygen atoms in total. The van der Waals surface area contributed by atoms with Crippen molar-refractivity contribution in [3.63, 3.8) is 0 Å². The molecular weight excluding hydrogens is 406 g/mol. The Morgan fingerprint density at radius 3 is 2.45 bits per heavy atom. The van der Waals surface area contributed by atoms with Gasteiger partial charge in [-0.3, -0.25) is 10.1 Å². The molecule has 31 heavy (non-hydrogen) atoms. The molecule has 0 aromatic heterocycles. The van der Waals surface area contributed by atoms with Crippen LogP contribution < -0.4 is 5.32 Å². The molecule has 0 saturated heterocycles. The van der Waals surface area contributed by atoms with Crippen LogP contribution in [0, 0.1) is 35.0 Å². The van der Waals surface area contributed by atoms with Crippen molar-refractivity contribution in [2.45, 2.75) is 103 Å². The van der Waals surface area contributed by atoms with E-state index in [2.05, 4.69) is 45.7 Å². The van der Waals surface area contributed by atoms with E-state index in [1.807, 2.05) is 6.08 Å². The molecule has 0 radical (unpaired) electrons. The van der Waals surface area contributed by atoms with Crippen LogP contribution in [0.3, 0.4) is 0 Å². The molecule has 4 unspecified atom stereocenters. The zero-order chi connectivity index (χ0) is 22.8. The Morgan fingerprint density at radius 2 is 1.87 bits per heavy atom. The second-order valence-corrected chi connectivity index (χ2v) is 12.2. The summed E-state index contributed by atoms with van der Waals surface area (Å²) >= 11 is 6.35. The maximum atomic E-state index is 13.6. The van der Waals surface area contributed by atoms with Gasteiger partial charge in [0.05, 0.1) is 6.04 Å². The summed E-state index contributed by atoms with van der Waals surface area (Å²) in [6.45, 7) is 13.0. The topological polar surface area (TPSA) is 49.3 Å². The molecule has 5 atom stereocenters. The SMILES string of the molecule is C=C1C=CCC(C(O)N[C@@H](C(=O)C2CCC(C3CCC(Cl)CC3)C(C)(C)C2)C(C)C)C1. The van der Waals surface area contributed by atoms with Gasteiger partial charge in [0.1, 0.15) is 6.23 Å². The van der Waals surface area contributed by atoms with Crippen molar-refractivity contribution in [2.24, 2.45) is 35.0 Å². The third kappa shape index (κ3) is 6.24. The Bertz CT molecular complexity index is 662. The van der Waals surface area contributed by atoms with Gasteiger partial charge in [-0.1, -0.05) is 52.0 Å². The summed E-state index contributed by atoms with van der Waals surface area (Å²) in [5, 5.41) is 14.5. The summed E-state index contributed by atoms with van der Waals surface area (Å²) in [7, 11) is 0. The zero-order valence-corrected chi connectivity index (χ0v) is 20.8. The van der Waals surface area contributed by atoms with Gasteiger partial charge in [-0.2, -0.15) is 0 Å². The molecular formula is C27H44ClNO2. The highest BCUT2D eigenvalue weighted by molar-refractivity contribution is 6.20. The van der Waals surface area contributed by atoms with Crippen molar-refractivity contribution in [2.75, 3.05) is 0 Å². The minimum Gasteiger partial charge on any atom is -0.378 e. The summed E-state index contributed by atoms with van der Waals surface area (Å²) in [6.07, 6.45) is 12.9. The lowest BCUT2D eigenvalue weighted by molar-refractivity contribution is -0.131. The number of carbonyl (C=O) groups is 1. The Labute approximate surface area is 195 Å². The number of alkyl halides is 1. The minimum absolute atomic E-state index is 0.0870. The molecule has 3 aliphatic rings. The lowest BCUT2D eigenvalue weighted by Crippen LogP contribution is -2.52. The van der Waals surface area contributed by atoms with Crippen molar-refractivity contribution in [3.05, 3.63) is 24.3 Å². The Hall–Kier alpha value is -0.640. The summed E-state index contributed by atoms with van der Waals surface area (Å²) < 4.78 is 0. The van der Waals surface area contributed by atoms with Crippen LogP contribution in [-0.4, -0.2) is 28.5 Å². The lowest BCUT2D eigenvalue weighted by atomic mass is 9.58. The number of carbonyl (C=O) groups excluding carboxylic acids is 1. The summed E-state index contributed by atoms with van der Waals surface area (Å²) in [5.41, 5.74) is 1.22. The Morgan fingerprint density at radius 1 is 1.19 bits per heavy atom. The van der Waals surface area contributed by atoms with Crippen LogP contribution in [0.15, 0.2) is 24.3 Å². The minimum atomic E-state index is -0.673. The van der Waals surface area contributed by atoms with Gasteiger partial charge in [-0.05, 0) is 81.0 Å². The number of aliphatic hydroxyl groups excluding tert-OH is 1. The number of aliphatic hydroxyl groups is 1. The summed E-state index contributed by atoms with van der Waals surface area (Å²) in [6, 6.07) is -0.293. The molecule has 0 amide bonds. The van der Waals surface area contributed by atoms with Crippen molar-refractivity contribution in [3.8, 4) is 0 Å². The highest BCUT2D eigenvalue weighted by Gasteiger charge is 2.45. The van der Waals surface area contributed by atoms with Crippen molar-refractivity contribution < 1.29 is 9.90 Å². The van der Waals surface area contributed by atoms with E-state index in [9.17, 15) is 9.90 Å². The van der Waals surface area contributed by atoms with E-state index in [0.717, 1.165) is 56.4 Å². The van der Waals surface area contributed by atoms with E-state index in [-0.39, 0.29) is 29.2 Å². The standard InChI is InChI=1S/C27H44ClNO2/c1-17(2)24(29-26(31)20-8-6-7-18(3)15-20)25(30)21-11-14-23(27(4,5)16-21)19-9-12-22(28)13-10-19/h6-7,17,19-24,26,29,31H,3,8-16H2,1-2,4-5H3/t19?,20?,21?,22?,23?,24-,26?/m1/s1. The lowest BCUT2D eigenvalue weighted by Gasteiger charge is -2.48. The zero-order valence-electron chi connectivity index (χ0n) is 20.1. The monoisotopic (exact) mass is 449 g/mol. The molecule has 3 aliphatic carbocycles. The average molecular weight is 450 g/mol. The summed E-state index contributed by atoms with van der Waals surface area (Å²) in [4.78, 5) is 13.6. The number of nitrogens with one attached hydrogen (secondary N) is 1. The van der Waals surface area contributed by atoms with Crippen LogP contribution in [0.1, 0.15) is 85.5 Å². The molecule has 0 spiro atoms. The van der Waals surface area contributed by atoms with Gasteiger partial charge in [0.25, 0.3) is 0 Å². The molecule has 2 saturated carbocycles. The van der Waals surface area contributed by atoms with Crippen molar-refractivity contribution in [1.82, 2.24) is 5.32 Å². The third-order valence-electron chi connectivity index (χ3n) is 8.36. The quantitative estimate of drug-likeness (QED) is 0.356. The molecule has 0 heterocycles. The first-order chi connectivity index (χ1) is 14.6. The number of rotatable bonds is 7. The number of ketones is 1. The highest BCUT2D eigenvalue weighted by atomic mass is 35.5. The summed E-state index contributed by atoms with van der Waals surface area (Å²) in [5.74, 6) is 2.09. The Kier molecular flexibility index (Phi) is 8.49. The van der Waals surface area contributed by atoms with Crippen molar-refractivity contribution in [1.29, 1.82) is 0 Å². The van der Waals surface area contributed by atoms with Gasteiger partial charge in [0.15, 0.2) is 5.78 Å². The fourth-order valence-electron chi connectivity index (χ4n) is 6.57. The van der Waals surface area contributed by atoms with Gasteiger partial charge in [0.2, 0.25) is 0 Å². The fraction of sp³-hybridized carbons (Fsp3) is 0.815. The normalized spacial score (nSPS) is 35.7. The van der Waals surface area contributed by atoms with E-state index in [1.54, 1.807) is 0 Å². The third-order valence-corrected chi connectivity index (χ3v) is 8.80. The second kappa shape index (κ2) is 10.5. The Balaban J connectivity index is 1.62. The average Bonchev–Trinajstić information content (AvgIpc) is 2.71. The highest BCUT2D eigenvalue weighted by Crippen LogP contribution is 2.51. The number of hydrogen-bond donors (Lipinski definition) is 2. The van der Waals surface area contributed by atoms with Gasteiger partial charge in [-0.25, -0.2) is 0 Å². The second-order valence-electron chi connectivity index (χ2n) is 11.6. The van der Waals surface area contributed by atoms with E-state index >= 15 is 0 Å². The molecule has 0 aliphatic heterocycles. The van der Waals surface area contributed by atoms with Crippen LogP contribution >= 0.6 is 11.6 Å². The number of allylic oxidation sites excluding steroid dienone is 3. The molecule has 4 heteroatoms. The largest absolute Gasteiger partial charge is 0.378 e. The number of Topliss-reactive ketones (excluding diaryl/α,β-unsaturated/α-hetero) is 1. The van der Waals surface area contributed by atoms with Crippen LogP contribution in [-0.2, 0) is 4.79 Å². The number of halogens is 1. The van der Waals surface area contributed by atoms with Crippen molar-refractivity contribution >= 4 is 17.4 Å². The maximum Gasteiger partial charge on any atom is 0.153 e. The first-order valence-corrected chi connectivity index (χ1v) is 13.0. The molecule has 2 fully saturated rings. The predicted molar refractivity (Wildman–Crippen MR) is 130 cm³/mol. The molecule has 3 rings (SSSR count).